The molecular weight excluding hydrogens is 399 g/mol. The quantitative estimate of drug-likeness (QED) is 0.572. The first-order valence-corrected chi connectivity index (χ1v) is 9.08. The van der Waals surface area contributed by atoms with Crippen LogP contribution in [0.15, 0.2) is 48.8 Å². The van der Waals surface area contributed by atoms with Crippen molar-refractivity contribution < 1.29 is 14.3 Å². The lowest BCUT2D eigenvalue weighted by Crippen LogP contribution is -2.32. The minimum atomic E-state index is -1.07. The molecule has 0 aliphatic carbocycles. The van der Waals surface area contributed by atoms with Crippen LogP contribution in [0.3, 0.4) is 0 Å². The summed E-state index contributed by atoms with van der Waals surface area (Å²) in [6.45, 7) is -0.0954. The van der Waals surface area contributed by atoms with Crippen molar-refractivity contribution in [3.63, 3.8) is 0 Å². The zero-order chi connectivity index (χ0) is 21.0. The standard InChI is InChI=1S/C19H20ClFN6O2/c1-26(2)18-23-11-27(25-18)14-5-3-4-13(9-14)24-19(29)22-10-17(28)12-6-7-15(20)16(21)8-12/h3-9,11,17,28H,10H2,1-2H3,(H2,22,24,29). The van der Waals surface area contributed by atoms with E-state index in [0.717, 1.165) is 11.8 Å². The van der Waals surface area contributed by atoms with Gasteiger partial charge in [-0.05, 0) is 35.9 Å². The number of amides is 2. The molecule has 0 bridgehead atoms. The van der Waals surface area contributed by atoms with Gasteiger partial charge in [-0.2, -0.15) is 4.98 Å². The number of hydrogen-bond donors (Lipinski definition) is 3. The third-order valence-electron chi connectivity index (χ3n) is 4.03. The smallest absolute Gasteiger partial charge is 0.319 e. The Bertz CT molecular complexity index is 1010. The van der Waals surface area contributed by atoms with E-state index in [2.05, 4.69) is 20.7 Å². The molecule has 0 spiro atoms. The zero-order valence-electron chi connectivity index (χ0n) is 15.8. The van der Waals surface area contributed by atoms with Crippen LogP contribution in [0.5, 0.6) is 0 Å². The lowest BCUT2D eigenvalue weighted by Gasteiger charge is -2.14. The van der Waals surface area contributed by atoms with Gasteiger partial charge in [0, 0.05) is 26.3 Å². The molecule has 0 aliphatic rings. The van der Waals surface area contributed by atoms with Crippen molar-refractivity contribution in [3.05, 3.63) is 65.2 Å². The monoisotopic (exact) mass is 418 g/mol. The predicted molar refractivity (Wildman–Crippen MR) is 109 cm³/mol. The van der Waals surface area contributed by atoms with E-state index in [4.69, 9.17) is 11.6 Å². The van der Waals surface area contributed by atoms with Crippen LogP contribution in [0.2, 0.25) is 5.02 Å². The molecule has 0 radical (unpaired) electrons. The third-order valence-corrected chi connectivity index (χ3v) is 4.34. The first-order valence-electron chi connectivity index (χ1n) is 8.71. The Labute approximate surface area is 171 Å². The lowest BCUT2D eigenvalue weighted by molar-refractivity contribution is 0.174. The molecule has 0 fully saturated rings. The summed E-state index contributed by atoms with van der Waals surface area (Å²) in [5.41, 5.74) is 1.58. The van der Waals surface area contributed by atoms with Gasteiger partial charge in [-0.3, -0.25) is 0 Å². The summed E-state index contributed by atoms with van der Waals surface area (Å²) in [5, 5.41) is 19.6. The van der Waals surface area contributed by atoms with Crippen LogP contribution in [0.25, 0.3) is 5.69 Å². The molecule has 8 nitrogen and oxygen atoms in total. The Kier molecular flexibility index (Phi) is 6.30. The first-order chi connectivity index (χ1) is 13.8. The summed E-state index contributed by atoms with van der Waals surface area (Å²) in [4.78, 5) is 18.1. The van der Waals surface area contributed by atoms with Crippen molar-refractivity contribution in [2.75, 3.05) is 30.9 Å². The lowest BCUT2D eigenvalue weighted by atomic mass is 10.1. The van der Waals surface area contributed by atoms with Crippen molar-refractivity contribution in [1.29, 1.82) is 0 Å². The van der Waals surface area contributed by atoms with Gasteiger partial charge in [0.1, 0.15) is 12.1 Å². The molecule has 10 heteroatoms. The van der Waals surface area contributed by atoms with E-state index < -0.39 is 18.0 Å². The molecule has 1 atom stereocenters. The number of halogens is 2. The molecule has 152 valence electrons. The van der Waals surface area contributed by atoms with Crippen molar-refractivity contribution in [1.82, 2.24) is 20.1 Å². The molecule has 29 heavy (non-hydrogen) atoms. The number of nitrogens with zero attached hydrogens (tertiary/aromatic N) is 4. The molecule has 0 aliphatic heterocycles. The molecule has 3 aromatic rings. The molecule has 1 unspecified atom stereocenters. The first kappa shape index (κ1) is 20.6. The highest BCUT2D eigenvalue weighted by atomic mass is 35.5. The maximum absolute atomic E-state index is 13.5. The van der Waals surface area contributed by atoms with Crippen molar-refractivity contribution in [2.24, 2.45) is 0 Å². The van der Waals surface area contributed by atoms with Crippen LogP contribution in [0.1, 0.15) is 11.7 Å². The summed E-state index contributed by atoms with van der Waals surface area (Å²) in [6.07, 6.45) is 0.509. The zero-order valence-corrected chi connectivity index (χ0v) is 16.6. The van der Waals surface area contributed by atoms with Gasteiger partial charge in [0.15, 0.2) is 0 Å². The van der Waals surface area contributed by atoms with Crippen molar-refractivity contribution in [2.45, 2.75) is 6.10 Å². The number of benzene rings is 2. The molecule has 2 aromatic carbocycles. The summed E-state index contributed by atoms with van der Waals surface area (Å²) < 4.78 is 15.1. The Hall–Kier alpha value is -3.17. The SMILES string of the molecule is CN(C)c1ncn(-c2cccc(NC(=O)NCC(O)c3ccc(Cl)c(F)c3)c2)n1. The van der Waals surface area contributed by atoms with E-state index in [-0.39, 0.29) is 11.6 Å². The largest absolute Gasteiger partial charge is 0.387 e. The Morgan fingerprint density at radius 2 is 2.10 bits per heavy atom. The second kappa shape index (κ2) is 8.89. The van der Waals surface area contributed by atoms with E-state index in [1.807, 2.05) is 20.2 Å². The predicted octanol–water partition coefficient (Wildman–Crippen LogP) is 2.98. The average molecular weight is 419 g/mol. The van der Waals surface area contributed by atoms with Crippen LogP contribution >= 0.6 is 11.6 Å². The third kappa shape index (κ3) is 5.21. The van der Waals surface area contributed by atoms with E-state index in [1.165, 1.54) is 12.1 Å². The molecule has 0 saturated carbocycles. The number of carbonyl (C=O) groups is 1. The van der Waals surface area contributed by atoms with Crippen LogP contribution in [0, 0.1) is 5.82 Å². The maximum atomic E-state index is 13.5. The van der Waals surface area contributed by atoms with Crippen molar-refractivity contribution >= 4 is 29.3 Å². The summed E-state index contributed by atoms with van der Waals surface area (Å²) in [7, 11) is 3.68. The highest BCUT2D eigenvalue weighted by molar-refractivity contribution is 6.30. The molecule has 0 saturated heterocycles. The molecular formula is C19H20ClFN6O2. The van der Waals surface area contributed by atoms with E-state index in [0.29, 0.717) is 17.2 Å². The second-order valence-corrected chi connectivity index (χ2v) is 6.87. The average Bonchev–Trinajstić information content (AvgIpc) is 3.19. The summed E-state index contributed by atoms with van der Waals surface area (Å²) in [6, 6.07) is 10.5. The molecule has 3 N–H and O–H groups in total. The fourth-order valence-electron chi connectivity index (χ4n) is 2.51. The van der Waals surface area contributed by atoms with Gasteiger partial charge >= 0.3 is 6.03 Å². The highest BCUT2D eigenvalue weighted by Crippen LogP contribution is 2.20. The fraction of sp³-hybridized carbons (Fsp3) is 0.211. The van der Waals surface area contributed by atoms with Gasteiger partial charge in [-0.1, -0.05) is 23.7 Å². The number of carbonyl (C=O) groups excluding carboxylic acids is 1. The number of urea groups is 1. The second-order valence-electron chi connectivity index (χ2n) is 6.46. The summed E-state index contributed by atoms with van der Waals surface area (Å²) >= 11 is 5.63. The van der Waals surface area contributed by atoms with Gasteiger partial charge in [0.25, 0.3) is 0 Å². The molecule has 2 amide bonds. The van der Waals surface area contributed by atoms with Gasteiger partial charge in [0.05, 0.1) is 16.8 Å². The van der Waals surface area contributed by atoms with Gasteiger partial charge in [0.2, 0.25) is 5.95 Å². The number of aromatic nitrogens is 3. The van der Waals surface area contributed by atoms with Crippen molar-refractivity contribution in [3.8, 4) is 5.69 Å². The summed E-state index contributed by atoms with van der Waals surface area (Å²) in [5.74, 6) is -0.0660. The molecule has 1 aromatic heterocycles. The minimum Gasteiger partial charge on any atom is -0.387 e. The number of nitrogens with one attached hydrogen (secondary N) is 2. The van der Waals surface area contributed by atoms with Gasteiger partial charge in [-0.25, -0.2) is 13.9 Å². The van der Waals surface area contributed by atoms with Crippen LogP contribution in [-0.4, -0.2) is 46.5 Å². The maximum Gasteiger partial charge on any atom is 0.319 e. The fourth-order valence-corrected chi connectivity index (χ4v) is 2.63. The van der Waals surface area contributed by atoms with Gasteiger partial charge < -0.3 is 20.6 Å². The van der Waals surface area contributed by atoms with E-state index >= 15 is 0 Å². The molecule has 1 heterocycles. The highest BCUT2D eigenvalue weighted by Gasteiger charge is 2.12. The van der Waals surface area contributed by atoms with E-state index in [1.54, 1.807) is 34.1 Å². The van der Waals surface area contributed by atoms with Crippen LogP contribution in [0.4, 0.5) is 20.8 Å². The van der Waals surface area contributed by atoms with Gasteiger partial charge in [-0.15, -0.1) is 5.10 Å². The number of anilines is 2. The molecule has 3 rings (SSSR count). The topological polar surface area (TPSA) is 95.3 Å². The Morgan fingerprint density at radius 3 is 2.79 bits per heavy atom. The Morgan fingerprint density at radius 1 is 1.31 bits per heavy atom. The van der Waals surface area contributed by atoms with E-state index in [9.17, 15) is 14.3 Å². The normalized spacial score (nSPS) is 11.8. The number of aliphatic hydroxyl groups is 1. The number of rotatable bonds is 6. The number of hydrogen-bond acceptors (Lipinski definition) is 5. The van der Waals surface area contributed by atoms with Crippen LogP contribution < -0.4 is 15.5 Å². The van der Waals surface area contributed by atoms with Crippen LogP contribution in [-0.2, 0) is 0 Å². The Balaban J connectivity index is 1.59. The number of aliphatic hydroxyl groups excluding tert-OH is 1. The minimum absolute atomic E-state index is 0.0309.